The fraction of sp³-hybridized carbons (Fsp3) is 0.111. The Morgan fingerprint density at radius 1 is 1.50 bits per heavy atom. The lowest BCUT2D eigenvalue weighted by Crippen LogP contribution is -2.21. The highest BCUT2D eigenvalue weighted by Crippen LogP contribution is 2.06. The zero-order valence-electron chi connectivity index (χ0n) is 6.21. The van der Waals surface area contributed by atoms with Crippen LogP contribution >= 0.6 is 22.6 Å². The highest BCUT2D eigenvalue weighted by atomic mass is 127. The minimum Gasteiger partial charge on any atom is -0.279 e. The van der Waals surface area contributed by atoms with Gasteiger partial charge in [0.25, 0.3) is 0 Å². The summed E-state index contributed by atoms with van der Waals surface area (Å²) < 4.78 is 1.26. The third-order valence-electron chi connectivity index (χ3n) is 1.81. The van der Waals surface area contributed by atoms with E-state index in [1.54, 1.807) is 0 Å². The predicted molar refractivity (Wildman–Crippen MR) is 54.2 cm³/mol. The maximum atomic E-state index is 8.63. The Balaban J connectivity index is 2.83. The maximum absolute atomic E-state index is 8.63. The lowest BCUT2D eigenvalue weighted by Gasteiger charge is -1.86. The number of hydrogen-bond acceptors (Lipinski definition) is 2. The summed E-state index contributed by atoms with van der Waals surface area (Å²) in [5.74, 6) is 0. The molecule has 2 nitrogen and oxygen atoms in total. The number of nitriles is 1. The molecule has 0 saturated carbocycles. The molecule has 0 N–H and O–H groups in total. The van der Waals surface area contributed by atoms with Crippen LogP contribution in [0.25, 0.3) is 3.58 Å². The van der Waals surface area contributed by atoms with Gasteiger partial charge >= 0.3 is 0 Å². The van der Waals surface area contributed by atoms with Crippen LogP contribution in [0.3, 0.4) is 0 Å². The molecule has 12 heavy (non-hydrogen) atoms. The van der Waals surface area contributed by atoms with E-state index in [-0.39, 0.29) is 0 Å². The molecule has 1 aliphatic rings. The minimum atomic E-state index is 0.684. The summed E-state index contributed by atoms with van der Waals surface area (Å²) in [7, 11) is 0. The van der Waals surface area contributed by atoms with Gasteiger partial charge in [0, 0.05) is 8.80 Å². The Hall–Kier alpha value is -0.890. The van der Waals surface area contributed by atoms with Gasteiger partial charge in [0.2, 0.25) is 0 Å². The molecular formula is C9H5IN2. The number of halogens is 1. The molecule has 0 saturated heterocycles. The third kappa shape index (κ3) is 1.12. The van der Waals surface area contributed by atoms with Gasteiger partial charge in [0.1, 0.15) is 0 Å². The van der Waals surface area contributed by atoms with Crippen molar-refractivity contribution < 1.29 is 0 Å². The van der Waals surface area contributed by atoms with Crippen molar-refractivity contribution in [2.75, 3.05) is 6.54 Å². The van der Waals surface area contributed by atoms with Gasteiger partial charge in [-0.25, -0.2) is 0 Å². The van der Waals surface area contributed by atoms with Crippen LogP contribution in [0.2, 0.25) is 0 Å². The van der Waals surface area contributed by atoms with Gasteiger partial charge in [-0.2, -0.15) is 5.26 Å². The Morgan fingerprint density at radius 3 is 3.08 bits per heavy atom. The zero-order valence-corrected chi connectivity index (χ0v) is 8.37. The SMILES string of the molecule is N#Cc1ccc2c(c1)=NCC=2I. The minimum absolute atomic E-state index is 0.684. The van der Waals surface area contributed by atoms with Crippen molar-refractivity contribution in [1.82, 2.24) is 0 Å². The molecule has 0 spiro atoms. The number of rotatable bonds is 0. The highest BCUT2D eigenvalue weighted by Gasteiger charge is 2.02. The van der Waals surface area contributed by atoms with E-state index in [0.29, 0.717) is 5.56 Å². The van der Waals surface area contributed by atoms with Crippen molar-refractivity contribution >= 4 is 26.2 Å². The molecule has 1 aromatic carbocycles. The van der Waals surface area contributed by atoms with Crippen LogP contribution in [0.15, 0.2) is 23.2 Å². The van der Waals surface area contributed by atoms with Crippen LogP contribution in [0.1, 0.15) is 5.56 Å². The molecule has 2 rings (SSSR count). The molecule has 0 atom stereocenters. The first-order valence-corrected chi connectivity index (χ1v) is 4.62. The number of hydrogen-bond donors (Lipinski definition) is 0. The van der Waals surface area contributed by atoms with Gasteiger partial charge < -0.3 is 0 Å². The fourth-order valence-corrected chi connectivity index (χ4v) is 1.83. The second-order valence-electron chi connectivity index (χ2n) is 2.56. The largest absolute Gasteiger partial charge is 0.279 e. The van der Waals surface area contributed by atoms with Crippen LogP contribution in [0.5, 0.6) is 0 Å². The van der Waals surface area contributed by atoms with Crippen LogP contribution in [0.4, 0.5) is 0 Å². The summed E-state index contributed by atoms with van der Waals surface area (Å²) in [6.07, 6.45) is 0. The van der Waals surface area contributed by atoms with Crippen LogP contribution < -0.4 is 10.6 Å². The van der Waals surface area contributed by atoms with E-state index in [1.165, 1.54) is 8.80 Å². The standard InChI is InChI=1S/C9H5IN2/c10-8-5-12-9-3-6(4-11)1-2-7(8)9/h1-3H,5H2. The Labute approximate surface area is 83.4 Å². The average Bonchev–Trinajstić information content (AvgIpc) is 2.47. The summed E-state index contributed by atoms with van der Waals surface area (Å²) in [6, 6.07) is 7.73. The molecule has 1 aliphatic heterocycles. The fourth-order valence-electron chi connectivity index (χ4n) is 1.20. The normalized spacial score (nSPS) is 13.5. The molecular weight excluding hydrogens is 263 g/mol. The molecule has 0 amide bonds. The zero-order chi connectivity index (χ0) is 8.55. The van der Waals surface area contributed by atoms with Crippen LogP contribution in [0, 0.1) is 11.3 Å². The first kappa shape index (κ1) is 7.74. The van der Waals surface area contributed by atoms with Crippen LogP contribution in [-0.2, 0) is 0 Å². The van der Waals surface area contributed by atoms with Crippen molar-refractivity contribution in [1.29, 1.82) is 5.26 Å². The second kappa shape index (κ2) is 2.87. The smallest absolute Gasteiger partial charge is 0.0992 e. The lowest BCUT2D eigenvalue weighted by molar-refractivity contribution is 1.22. The van der Waals surface area contributed by atoms with E-state index in [9.17, 15) is 0 Å². The van der Waals surface area contributed by atoms with Crippen molar-refractivity contribution in [2.24, 2.45) is 4.99 Å². The molecule has 1 aromatic rings. The molecule has 1 heterocycles. The van der Waals surface area contributed by atoms with Gasteiger partial charge in [0.05, 0.1) is 23.5 Å². The van der Waals surface area contributed by atoms with Gasteiger partial charge in [0.15, 0.2) is 0 Å². The second-order valence-corrected chi connectivity index (χ2v) is 3.87. The van der Waals surface area contributed by atoms with Gasteiger partial charge in [-0.1, -0.05) is 6.07 Å². The maximum Gasteiger partial charge on any atom is 0.0992 e. The summed E-state index contributed by atoms with van der Waals surface area (Å²) in [5.41, 5.74) is 0.684. The highest BCUT2D eigenvalue weighted by molar-refractivity contribution is 14.1. The first-order valence-electron chi connectivity index (χ1n) is 3.54. The van der Waals surface area contributed by atoms with E-state index < -0.39 is 0 Å². The summed E-state index contributed by atoms with van der Waals surface area (Å²) in [5, 5.41) is 10.8. The molecule has 0 unspecified atom stereocenters. The summed E-state index contributed by atoms with van der Waals surface area (Å²) in [4.78, 5) is 4.29. The lowest BCUT2D eigenvalue weighted by atomic mass is 10.2. The van der Waals surface area contributed by atoms with E-state index in [4.69, 9.17) is 5.26 Å². The quantitative estimate of drug-likeness (QED) is 0.639. The molecule has 0 radical (unpaired) electrons. The molecule has 58 valence electrons. The van der Waals surface area contributed by atoms with E-state index in [1.807, 2.05) is 18.2 Å². The third-order valence-corrected chi connectivity index (χ3v) is 2.73. The van der Waals surface area contributed by atoms with Gasteiger partial charge in [-0.15, -0.1) is 0 Å². The summed E-state index contributed by atoms with van der Waals surface area (Å²) >= 11 is 2.29. The Bertz CT molecular complexity index is 482. The number of fused-ring (bicyclic) bond motifs is 1. The van der Waals surface area contributed by atoms with Gasteiger partial charge in [-0.3, -0.25) is 4.99 Å². The molecule has 0 aliphatic carbocycles. The van der Waals surface area contributed by atoms with E-state index in [0.717, 1.165) is 11.9 Å². The monoisotopic (exact) mass is 268 g/mol. The van der Waals surface area contributed by atoms with Crippen molar-refractivity contribution in [3.8, 4) is 6.07 Å². The van der Waals surface area contributed by atoms with Gasteiger partial charge in [-0.05, 0) is 34.7 Å². The first-order chi connectivity index (χ1) is 5.81. The average molecular weight is 268 g/mol. The summed E-state index contributed by atoms with van der Waals surface area (Å²) in [6.45, 7) is 0.769. The molecule has 0 bridgehead atoms. The van der Waals surface area contributed by atoms with Crippen molar-refractivity contribution in [2.45, 2.75) is 0 Å². The van der Waals surface area contributed by atoms with Crippen molar-refractivity contribution in [3.63, 3.8) is 0 Å². The molecule has 0 fully saturated rings. The molecule has 3 heteroatoms. The number of nitrogens with zero attached hydrogens (tertiary/aromatic N) is 2. The number of benzene rings is 1. The topological polar surface area (TPSA) is 36.1 Å². The van der Waals surface area contributed by atoms with Crippen molar-refractivity contribution in [3.05, 3.63) is 34.3 Å². The van der Waals surface area contributed by atoms with Crippen LogP contribution in [-0.4, -0.2) is 6.54 Å². The van der Waals surface area contributed by atoms with E-state index >= 15 is 0 Å². The Kier molecular flexibility index (Phi) is 1.85. The molecule has 0 aromatic heterocycles. The Morgan fingerprint density at radius 2 is 2.33 bits per heavy atom. The van der Waals surface area contributed by atoms with E-state index in [2.05, 4.69) is 33.7 Å². The predicted octanol–water partition coefficient (Wildman–Crippen LogP) is 0.735.